The number of hydrogen-bond acceptors (Lipinski definition) is 1. The van der Waals surface area contributed by atoms with Gasteiger partial charge >= 0.3 is 0 Å². The lowest BCUT2D eigenvalue weighted by Crippen LogP contribution is -2.33. The van der Waals surface area contributed by atoms with Crippen molar-refractivity contribution < 1.29 is 0 Å². The highest BCUT2D eigenvalue weighted by molar-refractivity contribution is 6.13. The molecule has 0 saturated carbocycles. The first-order chi connectivity index (χ1) is 29.5. The van der Waals surface area contributed by atoms with E-state index in [9.17, 15) is 0 Å². The second kappa shape index (κ2) is 12.1. The highest BCUT2D eigenvalue weighted by Crippen LogP contribution is 2.61. The molecule has 0 radical (unpaired) electrons. The maximum absolute atomic E-state index is 2.54. The second-order valence-electron chi connectivity index (χ2n) is 17.2. The Kier molecular flexibility index (Phi) is 6.74. The van der Waals surface area contributed by atoms with Crippen LogP contribution in [0.1, 0.15) is 47.2 Å². The summed E-state index contributed by atoms with van der Waals surface area (Å²) in [6, 6.07) is 77.3. The third-order valence-corrected chi connectivity index (χ3v) is 14.0. The van der Waals surface area contributed by atoms with E-state index < -0.39 is 5.41 Å². The Balaban J connectivity index is 1.09. The Bertz CT molecular complexity index is 3370. The van der Waals surface area contributed by atoms with Crippen LogP contribution in [0.25, 0.3) is 60.9 Å². The van der Waals surface area contributed by atoms with Crippen LogP contribution in [0.15, 0.2) is 206 Å². The van der Waals surface area contributed by atoms with Crippen molar-refractivity contribution in [3.8, 4) is 39.1 Å². The zero-order chi connectivity index (χ0) is 39.7. The molecule has 0 amide bonds. The Morgan fingerprint density at radius 1 is 0.383 bits per heavy atom. The molecule has 0 atom stereocenters. The fourth-order valence-electron chi connectivity index (χ4n) is 11.5. The highest BCUT2D eigenvalue weighted by atomic mass is 15.1. The zero-order valence-electron chi connectivity index (χ0n) is 33.5. The predicted octanol–water partition coefficient (Wildman–Crippen LogP) is 14.9. The number of aromatic nitrogens is 1. The fourth-order valence-corrected chi connectivity index (χ4v) is 11.5. The fraction of sp³-hybridized carbons (Fsp3) is 0.0690. The molecule has 2 heterocycles. The van der Waals surface area contributed by atoms with Crippen LogP contribution in [-0.4, -0.2) is 4.57 Å². The molecule has 0 bridgehead atoms. The van der Waals surface area contributed by atoms with E-state index in [-0.39, 0.29) is 5.41 Å². The number of hydrogen-bond donors (Lipinski definition) is 0. The van der Waals surface area contributed by atoms with Gasteiger partial charge in [0.05, 0.1) is 27.8 Å². The molecule has 1 aliphatic heterocycles. The molecule has 3 aliphatic rings. The maximum atomic E-state index is 2.54. The van der Waals surface area contributed by atoms with E-state index in [0.717, 1.165) is 17.1 Å². The Hall–Kier alpha value is -7.42. The van der Waals surface area contributed by atoms with Crippen LogP contribution in [0.3, 0.4) is 0 Å². The van der Waals surface area contributed by atoms with Crippen LogP contribution in [0, 0.1) is 0 Å². The van der Waals surface area contributed by atoms with E-state index in [1.807, 2.05) is 0 Å². The third kappa shape index (κ3) is 4.22. The van der Waals surface area contributed by atoms with Gasteiger partial charge in [-0.05, 0) is 110 Å². The lowest BCUT2D eigenvalue weighted by molar-refractivity contribution is 0.660. The van der Waals surface area contributed by atoms with Crippen LogP contribution >= 0.6 is 0 Å². The predicted molar refractivity (Wildman–Crippen MR) is 249 cm³/mol. The van der Waals surface area contributed by atoms with Crippen molar-refractivity contribution in [1.29, 1.82) is 0 Å². The van der Waals surface area contributed by atoms with Gasteiger partial charge in [0.2, 0.25) is 0 Å². The molecule has 282 valence electrons. The van der Waals surface area contributed by atoms with E-state index in [2.05, 4.69) is 230 Å². The van der Waals surface area contributed by atoms with Gasteiger partial charge in [0.15, 0.2) is 0 Å². The topological polar surface area (TPSA) is 8.17 Å². The summed E-state index contributed by atoms with van der Waals surface area (Å²) in [4.78, 5) is 2.46. The van der Waals surface area contributed by atoms with Crippen molar-refractivity contribution in [2.24, 2.45) is 0 Å². The van der Waals surface area contributed by atoms with Gasteiger partial charge in [0.1, 0.15) is 0 Å². The molecule has 9 aromatic carbocycles. The summed E-state index contributed by atoms with van der Waals surface area (Å²) < 4.78 is 2.54. The molecule has 60 heavy (non-hydrogen) atoms. The minimum Gasteiger partial charge on any atom is -0.310 e. The van der Waals surface area contributed by atoms with Crippen molar-refractivity contribution in [2.75, 3.05) is 4.90 Å². The molecule has 0 N–H and O–H groups in total. The molecular formula is C58H40N2. The van der Waals surface area contributed by atoms with E-state index in [4.69, 9.17) is 0 Å². The molecule has 2 aliphatic carbocycles. The van der Waals surface area contributed by atoms with Crippen molar-refractivity contribution in [2.45, 2.75) is 24.7 Å². The summed E-state index contributed by atoms with van der Waals surface area (Å²) in [7, 11) is 0. The number of benzene rings is 9. The SMILES string of the molecule is CC1(C)c2ccccc2-c2ccc(N(c3ccccc3)c3ccccc3-c3ccc4c(c3)C3(c5ccccc5-c5ccccc53)c3cccc5c6ccccc6n-4c35)cc21. The number of anilines is 3. The Labute approximate surface area is 350 Å². The monoisotopic (exact) mass is 764 g/mol. The lowest BCUT2D eigenvalue weighted by Gasteiger charge is -2.40. The number of para-hydroxylation sites is 4. The van der Waals surface area contributed by atoms with E-state index in [1.165, 1.54) is 94.3 Å². The summed E-state index contributed by atoms with van der Waals surface area (Å²) in [5.41, 5.74) is 22.3. The molecular weight excluding hydrogens is 725 g/mol. The average Bonchev–Trinajstić information content (AvgIpc) is 3.88. The zero-order valence-corrected chi connectivity index (χ0v) is 33.5. The van der Waals surface area contributed by atoms with Gasteiger partial charge < -0.3 is 9.47 Å². The lowest BCUT2D eigenvalue weighted by atomic mass is 9.65. The van der Waals surface area contributed by atoms with Gasteiger partial charge in [-0.2, -0.15) is 0 Å². The summed E-state index contributed by atoms with van der Waals surface area (Å²) >= 11 is 0. The third-order valence-electron chi connectivity index (χ3n) is 14.0. The molecule has 1 spiro atoms. The molecule has 1 aromatic heterocycles. The van der Waals surface area contributed by atoms with Gasteiger partial charge in [-0.1, -0.05) is 172 Å². The average molecular weight is 765 g/mol. The van der Waals surface area contributed by atoms with Crippen LogP contribution in [0.5, 0.6) is 0 Å². The number of fused-ring (bicyclic) bond motifs is 15. The summed E-state index contributed by atoms with van der Waals surface area (Å²) in [6.45, 7) is 4.73. The van der Waals surface area contributed by atoms with Gasteiger partial charge in [-0.15, -0.1) is 0 Å². The van der Waals surface area contributed by atoms with Crippen LogP contribution in [-0.2, 0) is 10.8 Å². The molecule has 10 aromatic rings. The summed E-state index contributed by atoms with van der Waals surface area (Å²) in [5, 5.41) is 2.58. The molecule has 0 saturated heterocycles. The van der Waals surface area contributed by atoms with Crippen molar-refractivity contribution in [3.63, 3.8) is 0 Å². The first-order valence-corrected chi connectivity index (χ1v) is 21.1. The van der Waals surface area contributed by atoms with Crippen LogP contribution in [0.4, 0.5) is 17.1 Å². The van der Waals surface area contributed by atoms with E-state index >= 15 is 0 Å². The summed E-state index contributed by atoms with van der Waals surface area (Å²) in [6.07, 6.45) is 0. The molecule has 0 fully saturated rings. The second-order valence-corrected chi connectivity index (χ2v) is 17.2. The quantitative estimate of drug-likeness (QED) is 0.173. The first kappa shape index (κ1) is 33.5. The molecule has 13 rings (SSSR count). The van der Waals surface area contributed by atoms with Gasteiger partial charge in [0, 0.05) is 33.1 Å². The first-order valence-electron chi connectivity index (χ1n) is 21.1. The number of nitrogens with zero attached hydrogens (tertiary/aromatic N) is 2. The Morgan fingerprint density at radius 2 is 0.967 bits per heavy atom. The smallest absolute Gasteiger partial charge is 0.0754 e. The van der Waals surface area contributed by atoms with E-state index in [0.29, 0.717) is 0 Å². The van der Waals surface area contributed by atoms with Gasteiger partial charge in [-0.25, -0.2) is 0 Å². The highest BCUT2D eigenvalue weighted by Gasteiger charge is 2.51. The van der Waals surface area contributed by atoms with Gasteiger partial charge in [-0.3, -0.25) is 0 Å². The molecule has 0 unspecified atom stereocenters. The van der Waals surface area contributed by atoms with Crippen molar-refractivity contribution in [3.05, 3.63) is 240 Å². The van der Waals surface area contributed by atoms with Crippen molar-refractivity contribution in [1.82, 2.24) is 4.57 Å². The standard InChI is InChI=1S/C58H40N2/c1-57(2)47-25-11-6-20-41(47)44-33-32-39(36-51(44)57)59(38-17-4-3-5-18-38)53-29-14-9-19-40(53)37-31-34-55-52(35-37)58(48-26-12-7-21-42(48)43-22-8-13-27-49(43)58)50-28-16-24-46-45-23-10-15-30-54(45)60(55)56(46)50/h3-36H,1-2H3. The summed E-state index contributed by atoms with van der Waals surface area (Å²) in [5.74, 6) is 0. The maximum Gasteiger partial charge on any atom is 0.0754 e. The van der Waals surface area contributed by atoms with Crippen molar-refractivity contribution >= 4 is 38.9 Å². The van der Waals surface area contributed by atoms with Crippen LogP contribution < -0.4 is 4.90 Å². The van der Waals surface area contributed by atoms with Gasteiger partial charge in [0.25, 0.3) is 0 Å². The Morgan fingerprint density at radius 3 is 1.73 bits per heavy atom. The minimum absolute atomic E-state index is 0.116. The van der Waals surface area contributed by atoms with E-state index in [1.54, 1.807) is 0 Å². The molecule has 2 nitrogen and oxygen atoms in total. The number of rotatable bonds is 4. The largest absolute Gasteiger partial charge is 0.310 e. The minimum atomic E-state index is -0.517. The molecule has 2 heteroatoms. The van der Waals surface area contributed by atoms with Crippen LogP contribution in [0.2, 0.25) is 0 Å². The normalized spacial score (nSPS) is 14.4.